The second-order valence-corrected chi connectivity index (χ2v) is 7.83. The number of pyridine rings is 2. The van der Waals surface area contributed by atoms with Crippen LogP contribution in [-0.4, -0.2) is 40.6 Å². The van der Waals surface area contributed by atoms with Crippen LogP contribution in [0.15, 0.2) is 61.2 Å². The lowest BCUT2D eigenvalue weighted by atomic mass is 10.1. The Balaban J connectivity index is 0.00000156. The summed E-state index contributed by atoms with van der Waals surface area (Å²) < 4.78 is 43.2. The molecule has 0 aliphatic heterocycles. The number of aromatic nitrogens is 7. The number of fused-ring (bicyclic) bond motifs is 1. The molecule has 5 rings (SSSR count). The Kier molecular flexibility index (Phi) is 7.21. The maximum absolute atomic E-state index is 14.2. The minimum atomic E-state index is -4.90. The Morgan fingerprint density at radius 2 is 1.70 bits per heavy atom. The first-order chi connectivity index (χ1) is 17.7. The van der Waals surface area contributed by atoms with Crippen LogP contribution in [0.1, 0.15) is 35.6 Å². The van der Waals surface area contributed by atoms with E-state index >= 15 is 0 Å². The Morgan fingerprint density at radius 1 is 1.00 bits per heavy atom. The van der Waals surface area contributed by atoms with Crippen LogP contribution < -0.4 is 5.32 Å². The molecule has 1 N–H and O–H groups in total. The van der Waals surface area contributed by atoms with Crippen molar-refractivity contribution in [1.29, 1.82) is 0 Å². The van der Waals surface area contributed by atoms with Gasteiger partial charge in [0.05, 0.1) is 41.1 Å². The lowest BCUT2D eigenvalue weighted by Crippen LogP contribution is -2.21. The highest BCUT2D eigenvalue weighted by Gasteiger charge is 2.41. The van der Waals surface area contributed by atoms with Gasteiger partial charge >= 0.3 is 6.18 Å². The number of halogens is 4. The highest BCUT2D eigenvalue weighted by molar-refractivity contribution is 6.32. The number of nitrogens with zero attached hydrogens (tertiary/aromatic N) is 7. The van der Waals surface area contributed by atoms with Crippen molar-refractivity contribution in [3.05, 3.63) is 83.2 Å². The van der Waals surface area contributed by atoms with E-state index in [0.717, 1.165) is 6.20 Å². The lowest BCUT2D eigenvalue weighted by molar-refractivity contribution is -0.143. The van der Waals surface area contributed by atoms with Crippen LogP contribution >= 0.6 is 11.6 Å². The van der Waals surface area contributed by atoms with Gasteiger partial charge in [0.1, 0.15) is 0 Å². The van der Waals surface area contributed by atoms with Crippen LogP contribution in [0.4, 0.5) is 18.9 Å². The molecule has 13 heteroatoms. The first-order valence-corrected chi connectivity index (χ1v) is 11.5. The van der Waals surface area contributed by atoms with Crippen molar-refractivity contribution in [3.63, 3.8) is 0 Å². The SMILES string of the molecule is CC.Cc1cc2ccccc2c(-n2ncc(C(=O)Nc3cnc(-n4nccn4)c(Cl)c3)c2C(F)(F)F)n1. The normalized spacial score (nSPS) is 11.2. The average Bonchev–Trinajstić information content (AvgIpc) is 3.55. The molecule has 0 radical (unpaired) electrons. The van der Waals surface area contributed by atoms with Gasteiger partial charge in [-0.25, -0.2) is 14.6 Å². The number of carbonyl (C=O) groups excluding carboxylic acids is 1. The van der Waals surface area contributed by atoms with E-state index in [9.17, 15) is 18.0 Å². The van der Waals surface area contributed by atoms with Crippen molar-refractivity contribution in [2.45, 2.75) is 26.9 Å². The second kappa shape index (κ2) is 10.3. The van der Waals surface area contributed by atoms with E-state index in [1.165, 1.54) is 29.5 Å². The molecular formula is C24H20ClF3N8O. The van der Waals surface area contributed by atoms with Crippen LogP contribution in [0.25, 0.3) is 22.4 Å². The molecule has 0 saturated carbocycles. The van der Waals surface area contributed by atoms with Gasteiger partial charge in [0, 0.05) is 11.1 Å². The number of nitrogens with one attached hydrogen (secondary N) is 1. The molecule has 5 aromatic rings. The third-order valence-electron chi connectivity index (χ3n) is 5.02. The molecule has 0 atom stereocenters. The number of hydrogen-bond donors (Lipinski definition) is 1. The van der Waals surface area contributed by atoms with Crippen molar-refractivity contribution in [2.24, 2.45) is 0 Å². The molecule has 9 nitrogen and oxygen atoms in total. The molecule has 4 heterocycles. The van der Waals surface area contributed by atoms with Gasteiger partial charge in [-0.1, -0.05) is 49.7 Å². The van der Waals surface area contributed by atoms with Crippen LogP contribution in [-0.2, 0) is 6.18 Å². The molecule has 0 saturated heterocycles. The fraction of sp³-hybridized carbons (Fsp3) is 0.167. The van der Waals surface area contributed by atoms with Gasteiger partial charge in [0.2, 0.25) is 0 Å². The molecule has 4 aromatic heterocycles. The summed E-state index contributed by atoms with van der Waals surface area (Å²) in [7, 11) is 0. The van der Waals surface area contributed by atoms with Gasteiger partial charge in [-0.2, -0.15) is 28.5 Å². The first-order valence-electron chi connectivity index (χ1n) is 11.1. The van der Waals surface area contributed by atoms with Crippen molar-refractivity contribution in [3.8, 4) is 11.6 Å². The second-order valence-electron chi connectivity index (χ2n) is 7.43. The summed E-state index contributed by atoms with van der Waals surface area (Å²) in [6.07, 6.45) is 0.0393. The van der Waals surface area contributed by atoms with Gasteiger partial charge in [0.25, 0.3) is 5.91 Å². The summed E-state index contributed by atoms with van der Waals surface area (Å²) in [5, 5.41) is 15.3. The molecule has 0 aliphatic rings. The maximum Gasteiger partial charge on any atom is 0.434 e. The number of carbonyl (C=O) groups is 1. The Bertz CT molecular complexity index is 1560. The standard InChI is InChI=1S/C22H14ClF3N8O.C2H6/c1-12-8-13-4-2-3-5-15(13)19(31-12)33-18(22(24,25)26)16(11-30-33)21(35)32-14-9-17(23)20(27-10-14)34-28-6-7-29-34;1-2/h2-11H,1H3,(H,32,35);1-2H3. The third kappa shape index (κ3) is 5.14. The van der Waals surface area contributed by atoms with Crippen molar-refractivity contribution < 1.29 is 18.0 Å². The average molecular weight is 529 g/mol. The van der Waals surface area contributed by atoms with Crippen LogP contribution in [0.5, 0.6) is 0 Å². The zero-order valence-corrected chi connectivity index (χ0v) is 20.6. The molecule has 0 fully saturated rings. The summed E-state index contributed by atoms with van der Waals surface area (Å²) >= 11 is 6.19. The van der Waals surface area contributed by atoms with E-state index in [-0.39, 0.29) is 22.3 Å². The lowest BCUT2D eigenvalue weighted by Gasteiger charge is -2.14. The van der Waals surface area contributed by atoms with E-state index in [1.807, 2.05) is 13.8 Å². The zero-order valence-electron chi connectivity index (χ0n) is 19.8. The quantitative estimate of drug-likeness (QED) is 0.323. The topological polar surface area (TPSA) is 103 Å². The molecule has 190 valence electrons. The molecule has 37 heavy (non-hydrogen) atoms. The predicted molar refractivity (Wildman–Crippen MR) is 132 cm³/mol. The van der Waals surface area contributed by atoms with E-state index in [2.05, 4.69) is 30.6 Å². The van der Waals surface area contributed by atoms with Crippen LogP contribution in [0.2, 0.25) is 5.02 Å². The van der Waals surface area contributed by atoms with Crippen molar-refractivity contribution in [2.75, 3.05) is 5.32 Å². The van der Waals surface area contributed by atoms with E-state index in [4.69, 9.17) is 11.6 Å². The minimum Gasteiger partial charge on any atom is -0.320 e. The molecule has 0 spiro atoms. The summed E-state index contributed by atoms with van der Waals surface area (Å²) in [5.74, 6) is -0.882. The fourth-order valence-corrected chi connectivity index (χ4v) is 3.83. The highest BCUT2D eigenvalue weighted by Crippen LogP contribution is 2.35. The Morgan fingerprint density at radius 3 is 2.38 bits per heavy atom. The van der Waals surface area contributed by atoms with E-state index in [1.54, 1.807) is 37.3 Å². The smallest absolute Gasteiger partial charge is 0.320 e. The van der Waals surface area contributed by atoms with Gasteiger partial charge in [-0.05, 0) is 24.4 Å². The summed E-state index contributed by atoms with van der Waals surface area (Å²) in [4.78, 5) is 22.4. The summed E-state index contributed by atoms with van der Waals surface area (Å²) in [5.41, 5.74) is -1.36. The highest BCUT2D eigenvalue weighted by atomic mass is 35.5. The van der Waals surface area contributed by atoms with Gasteiger partial charge in [0.15, 0.2) is 17.3 Å². The van der Waals surface area contributed by atoms with Gasteiger partial charge in [-0.15, -0.1) is 4.80 Å². The Hall–Kier alpha value is -4.32. The molecule has 0 unspecified atom stereocenters. The predicted octanol–water partition coefficient (Wildman–Crippen LogP) is 5.66. The van der Waals surface area contributed by atoms with Crippen LogP contribution in [0.3, 0.4) is 0 Å². The monoisotopic (exact) mass is 528 g/mol. The number of hydrogen-bond acceptors (Lipinski definition) is 6. The number of benzene rings is 1. The van der Waals surface area contributed by atoms with Crippen LogP contribution in [0, 0.1) is 6.92 Å². The van der Waals surface area contributed by atoms with E-state index < -0.39 is 23.3 Å². The summed E-state index contributed by atoms with van der Waals surface area (Å²) in [6.45, 7) is 5.67. The number of alkyl halides is 3. The summed E-state index contributed by atoms with van der Waals surface area (Å²) in [6, 6.07) is 9.94. The zero-order chi connectivity index (χ0) is 26.7. The number of rotatable bonds is 4. The molecule has 0 bridgehead atoms. The van der Waals surface area contributed by atoms with E-state index in [0.29, 0.717) is 21.1 Å². The van der Waals surface area contributed by atoms with Gasteiger partial charge in [-0.3, -0.25) is 4.79 Å². The number of anilines is 1. The third-order valence-corrected chi connectivity index (χ3v) is 5.30. The number of aryl methyl sites for hydroxylation is 1. The molecule has 0 aliphatic carbocycles. The first kappa shape index (κ1) is 25.8. The number of amides is 1. The Labute approximate surface area is 213 Å². The van der Waals surface area contributed by atoms with Crippen molar-refractivity contribution in [1.82, 2.24) is 34.7 Å². The minimum absolute atomic E-state index is 0.0345. The molecule has 1 aromatic carbocycles. The maximum atomic E-state index is 14.2. The fourth-order valence-electron chi connectivity index (χ4n) is 3.59. The largest absolute Gasteiger partial charge is 0.434 e. The van der Waals surface area contributed by atoms with Gasteiger partial charge < -0.3 is 5.32 Å². The van der Waals surface area contributed by atoms with Crippen molar-refractivity contribution >= 4 is 34.0 Å². The molecular weight excluding hydrogens is 509 g/mol. The molecule has 1 amide bonds.